The summed E-state index contributed by atoms with van der Waals surface area (Å²) in [5.74, 6) is -1.03. The highest BCUT2D eigenvalue weighted by atomic mass is 35.5. The maximum Gasteiger partial charge on any atom is 0.318 e. The number of fused-ring (bicyclic) bond motifs is 2. The van der Waals surface area contributed by atoms with Crippen molar-refractivity contribution in [3.8, 4) is 12.1 Å². The number of hydrogen-bond donors (Lipinski definition) is 0. The Labute approximate surface area is 256 Å². The predicted molar refractivity (Wildman–Crippen MR) is 165 cm³/mol. The van der Waals surface area contributed by atoms with E-state index in [2.05, 4.69) is 52.6 Å². The van der Waals surface area contributed by atoms with Gasteiger partial charge in [-0.25, -0.2) is 4.39 Å². The Morgan fingerprint density at radius 2 is 1.95 bits per heavy atom. The molecule has 3 aliphatic rings. The molecular weight excluding hydrogens is 569 g/mol. The summed E-state index contributed by atoms with van der Waals surface area (Å²) in [4.78, 5) is 30.4. The summed E-state index contributed by atoms with van der Waals surface area (Å²) in [5.41, 5.74) is 2.96. The van der Waals surface area contributed by atoms with E-state index in [9.17, 15) is 14.4 Å². The number of amides is 1. The van der Waals surface area contributed by atoms with Crippen molar-refractivity contribution in [2.45, 2.75) is 44.3 Å². The Hall–Kier alpha value is -3.94. The number of piperazine rings is 1. The van der Waals surface area contributed by atoms with Crippen LogP contribution in [0.5, 0.6) is 6.01 Å². The number of likely N-dealkylation sites (tertiary alicyclic amines) is 1. The first-order valence-corrected chi connectivity index (χ1v) is 15.1. The van der Waals surface area contributed by atoms with Gasteiger partial charge in [0.2, 0.25) is 0 Å². The second-order valence-electron chi connectivity index (χ2n) is 11.5. The van der Waals surface area contributed by atoms with E-state index in [1.165, 1.54) is 4.90 Å². The molecule has 4 heterocycles. The average Bonchev–Trinajstić information content (AvgIpc) is 3.43. The first kappa shape index (κ1) is 29.1. The summed E-state index contributed by atoms with van der Waals surface area (Å²) in [7, 11) is 2.11. The molecule has 2 saturated heterocycles. The topological polar surface area (TPSA) is 88.8 Å². The van der Waals surface area contributed by atoms with Crippen LogP contribution in [0, 0.1) is 11.3 Å². The second-order valence-corrected chi connectivity index (χ2v) is 11.9. The van der Waals surface area contributed by atoms with Crippen molar-refractivity contribution in [2.75, 3.05) is 56.2 Å². The van der Waals surface area contributed by atoms with Crippen LogP contribution in [-0.4, -0.2) is 84.1 Å². The molecule has 224 valence electrons. The van der Waals surface area contributed by atoms with Gasteiger partial charge in [0.25, 0.3) is 5.91 Å². The van der Waals surface area contributed by atoms with Crippen molar-refractivity contribution in [1.29, 1.82) is 5.26 Å². The van der Waals surface area contributed by atoms with Crippen LogP contribution in [0.3, 0.4) is 0 Å². The molecule has 0 saturated carbocycles. The zero-order chi connectivity index (χ0) is 30.1. The van der Waals surface area contributed by atoms with Crippen LogP contribution >= 0.6 is 11.6 Å². The molecule has 9 nitrogen and oxygen atoms in total. The van der Waals surface area contributed by atoms with Gasteiger partial charge in [-0.1, -0.05) is 42.4 Å². The number of halogens is 2. The Balaban J connectivity index is 1.34. The summed E-state index contributed by atoms with van der Waals surface area (Å²) in [6, 6.07) is 14.4. The minimum absolute atomic E-state index is 0.0792. The van der Waals surface area contributed by atoms with E-state index in [-0.39, 0.29) is 13.0 Å². The van der Waals surface area contributed by atoms with E-state index in [0.29, 0.717) is 49.7 Å². The molecule has 43 heavy (non-hydrogen) atoms. The highest BCUT2D eigenvalue weighted by molar-refractivity contribution is 6.36. The first-order chi connectivity index (χ1) is 20.8. The third-order valence-electron chi connectivity index (χ3n) is 8.87. The van der Waals surface area contributed by atoms with Gasteiger partial charge in [0, 0.05) is 48.9 Å². The summed E-state index contributed by atoms with van der Waals surface area (Å²) in [6.07, 6.45) is 2.98. The average molecular weight is 604 g/mol. The van der Waals surface area contributed by atoms with Crippen LogP contribution in [0.15, 0.2) is 48.8 Å². The summed E-state index contributed by atoms with van der Waals surface area (Å²) < 4.78 is 20.0. The fourth-order valence-electron chi connectivity index (χ4n) is 6.57. The fourth-order valence-corrected chi connectivity index (χ4v) is 6.85. The minimum atomic E-state index is -1.02. The molecule has 11 heteroatoms. The highest BCUT2D eigenvalue weighted by Crippen LogP contribution is 2.37. The fraction of sp³-hybridized carbons (Fsp3) is 0.438. The Bertz CT molecular complexity index is 1590. The molecule has 0 aliphatic carbocycles. The molecule has 1 amide bonds. The Morgan fingerprint density at radius 3 is 2.70 bits per heavy atom. The van der Waals surface area contributed by atoms with Crippen LogP contribution in [0.1, 0.15) is 30.5 Å². The van der Waals surface area contributed by atoms with Crippen LogP contribution in [0.25, 0.3) is 10.8 Å². The van der Waals surface area contributed by atoms with E-state index < -0.39 is 17.8 Å². The molecule has 0 N–H and O–H groups in total. The number of rotatable bonds is 7. The van der Waals surface area contributed by atoms with Gasteiger partial charge < -0.3 is 24.3 Å². The molecule has 0 spiro atoms. The number of likely N-dealkylation sites (N-methyl/N-ethyl adjacent to an activating group) is 1. The lowest BCUT2D eigenvalue weighted by atomic mass is 10.0. The Kier molecular flexibility index (Phi) is 8.37. The smallest absolute Gasteiger partial charge is 0.318 e. The number of carbonyl (C=O) groups excluding carboxylic acids is 1. The highest BCUT2D eigenvalue weighted by Gasteiger charge is 2.35. The molecule has 2 atom stereocenters. The largest absolute Gasteiger partial charge is 0.462 e. The number of aromatic nitrogens is 2. The molecule has 3 aromatic rings. The summed E-state index contributed by atoms with van der Waals surface area (Å²) in [6.45, 7) is 7.06. The lowest BCUT2D eigenvalue weighted by Gasteiger charge is -2.42. The van der Waals surface area contributed by atoms with Crippen molar-refractivity contribution < 1.29 is 13.9 Å². The van der Waals surface area contributed by atoms with Crippen LogP contribution in [-0.2, 0) is 17.8 Å². The third kappa shape index (κ3) is 5.84. The number of anilines is 2. The quantitative estimate of drug-likeness (QED) is 0.358. The van der Waals surface area contributed by atoms with E-state index in [4.69, 9.17) is 26.3 Å². The zero-order valence-electron chi connectivity index (χ0n) is 24.3. The SMILES string of the molecule is C=C(F)C(=O)N1CCN(c2nc(OCC3CCCN3C)nc3c2CCN(c2cccc4cccc(Cl)c24)C3)C[C@@H]1CC#N. The van der Waals surface area contributed by atoms with Gasteiger partial charge in [0.1, 0.15) is 12.4 Å². The zero-order valence-corrected chi connectivity index (χ0v) is 25.1. The van der Waals surface area contributed by atoms with Gasteiger partial charge in [0.15, 0.2) is 5.83 Å². The van der Waals surface area contributed by atoms with Crippen molar-refractivity contribution in [3.05, 3.63) is 65.1 Å². The molecule has 1 aromatic heterocycles. The van der Waals surface area contributed by atoms with Gasteiger partial charge in [0.05, 0.1) is 35.8 Å². The van der Waals surface area contributed by atoms with Gasteiger partial charge in [-0.3, -0.25) is 4.79 Å². The van der Waals surface area contributed by atoms with Crippen molar-refractivity contribution in [2.24, 2.45) is 0 Å². The summed E-state index contributed by atoms with van der Waals surface area (Å²) >= 11 is 6.68. The number of carbonyl (C=O) groups is 1. The van der Waals surface area contributed by atoms with Crippen LogP contribution in [0.4, 0.5) is 15.9 Å². The maximum atomic E-state index is 13.8. The number of hydrogen-bond acceptors (Lipinski definition) is 8. The minimum Gasteiger partial charge on any atom is -0.462 e. The molecule has 2 aromatic carbocycles. The van der Waals surface area contributed by atoms with Gasteiger partial charge in [-0.15, -0.1) is 0 Å². The third-order valence-corrected chi connectivity index (χ3v) is 9.19. The normalized spacial score (nSPS) is 20.7. The first-order valence-electron chi connectivity index (χ1n) is 14.8. The monoisotopic (exact) mass is 603 g/mol. The van der Waals surface area contributed by atoms with Crippen LogP contribution < -0.4 is 14.5 Å². The lowest BCUT2D eigenvalue weighted by Crippen LogP contribution is -2.55. The molecule has 1 unspecified atom stereocenters. The molecular formula is C32H35ClFN7O2. The predicted octanol–water partition coefficient (Wildman–Crippen LogP) is 4.73. The number of nitriles is 1. The molecule has 0 radical (unpaired) electrons. The molecule has 0 bridgehead atoms. The van der Waals surface area contributed by atoms with E-state index in [0.717, 1.165) is 59.5 Å². The van der Waals surface area contributed by atoms with E-state index >= 15 is 0 Å². The molecule has 3 aliphatic heterocycles. The second kappa shape index (κ2) is 12.3. The van der Waals surface area contributed by atoms with Crippen LogP contribution in [0.2, 0.25) is 5.02 Å². The number of ether oxygens (including phenoxy) is 1. The summed E-state index contributed by atoms with van der Waals surface area (Å²) in [5, 5.41) is 12.3. The number of benzene rings is 2. The van der Waals surface area contributed by atoms with Crippen molar-refractivity contribution in [1.82, 2.24) is 19.8 Å². The standard InChI is InChI=1S/C32H35ClFN7O2/c1-21(34)31(42)41-17-16-40(18-23(41)11-13-35)30-25-12-15-39(28-10-4-7-22-6-3-9-26(33)29(22)28)19-27(25)36-32(37-30)43-20-24-8-5-14-38(24)2/h3-4,6-7,9-10,23-24H,1,5,8,11-12,14-20H2,2H3/t23-,24?/m0/s1. The molecule has 6 rings (SSSR count). The van der Waals surface area contributed by atoms with E-state index in [1.807, 2.05) is 18.2 Å². The Morgan fingerprint density at radius 1 is 1.14 bits per heavy atom. The number of nitrogens with zero attached hydrogens (tertiary/aromatic N) is 7. The maximum absolute atomic E-state index is 13.8. The van der Waals surface area contributed by atoms with Crippen molar-refractivity contribution >= 4 is 39.8 Å². The van der Waals surface area contributed by atoms with E-state index in [1.54, 1.807) is 0 Å². The molecule has 2 fully saturated rings. The van der Waals surface area contributed by atoms with Gasteiger partial charge in [-0.05, 0) is 50.4 Å². The van der Waals surface area contributed by atoms with Crippen molar-refractivity contribution in [3.63, 3.8) is 0 Å². The lowest BCUT2D eigenvalue weighted by molar-refractivity contribution is -0.131. The van der Waals surface area contributed by atoms with Gasteiger partial charge >= 0.3 is 6.01 Å². The van der Waals surface area contributed by atoms with Gasteiger partial charge in [-0.2, -0.15) is 15.2 Å².